The summed E-state index contributed by atoms with van der Waals surface area (Å²) in [7, 11) is 0. The van der Waals surface area contributed by atoms with Crippen LogP contribution >= 0.6 is 15.9 Å². The summed E-state index contributed by atoms with van der Waals surface area (Å²) >= 11 is 3.40. The molecule has 1 aliphatic rings. The molecule has 0 aliphatic carbocycles. The van der Waals surface area contributed by atoms with Crippen LogP contribution in [-0.4, -0.2) is 30.7 Å². The second kappa shape index (κ2) is 7.41. The highest BCUT2D eigenvalue weighted by Crippen LogP contribution is 2.17. The molecule has 1 N–H and O–H groups in total. The van der Waals surface area contributed by atoms with E-state index >= 15 is 0 Å². The van der Waals surface area contributed by atoms with E-state index < -0.39 is 0 Å². The maximum atomic E-state index is 12.2. The zero-order chi connectivity index (χ0) is 15.4. The Morgan fingerprint density at radius 2 is 1.95 bits per heavy atom. The van der Waals surface area contributed by atoms with Gasteiger partial charge in [-0.05, 0) is 68.1 Å². The fourth-order valence-electron chi connectivity index (χ4n) is 3.24. The van der Waals surface area contributed by atoms with Crippen molar-refractivity contribution < 1.29 is 14.4 Å². The first-order chi connectivity index (χ1) is 9.99. The number of hydrogen-bond donors (Lipinski definition) is 1. The summed E-state index contributed by atoms with van der Waals surface area (Å²) in [5.74, 6) is -0.244. The number of carbonyl (C=O) groups excluding carboxylic acids is 1. The lowest BCUT2D eigenvalue weighted by Crippen LogP contribution is -3.20. The molecule has 2 rings (SSSR count). The van der Waals surface area contributed by atoms with Crippen molar-refractivity contribution in [1.29, 1.82) is 0 Å². The summed E-state index contributed by atoms with van der Waals surface area (Å²) in [6, 6.07) is 8.70. The molecule has 21 heavy (non-hydrogen) atoms. The molecular formula is C17H25BrNO2+. The molecule has 1 heterocycles. The van der Waals surface area contributed by atoms with E-state index in [0.29, 0.717) is 17.6 Å². The van der Waals surface area contributed by atoms with E-state index in [9.17, 15) is 4.79 Å². The zero-order valence-corrected chi connectivity index (χ0v) is 14.7. The van der Waals surface area contributed by atoms with E-state index in [-0.39, 0.29) is 12.1 Å². The largest absolute Gasteiger partial charge is 0.453 e. The average molecular weight is 355 g/mol. The van der Waals surface area contributed by atoms with Gasteiger partial charge in [0.2, 0.25) is 0 Å². The van der Waals surface area contributed by atoms with Gasteiger partial charge in [-0.2, -0.15) is 0 Å². The molecule has 1 fully saturated rings. The lowest BCUT2D eigenvalue weighted by Gasteiger charge is -2.37. The molecule has 0 bridgehead atoms. The van der Waals surface area contributed by atoms with Gasteiger partial charge in [0.05, 0.1) is 17.6 Å². The molecule has 0 unspecified atom stereocenters. The molecule has 0 radical (unpaired) electrons. The number of piperidine rings is 1. The molecule has 1 saturated heterocycles. The molecule has 3 nitrogen and oxygen atoms in total. The molecule has 1 aromatic rings. The first kappa shape index (κ1) is 16.5. The fraction of sp³-hybridized carbons (Fsp3) is 0.588. The van der Waals surface area contributed by atoms with E-state index in [4.69, 9.17) is 4.74 Å². The number of carbonyl (C=O) groups is 1. The van der Waals surface area contributed by atoms with E-state index in [1.54, 1.807) is 11.0 Å². The summed E-state index contributed by atoms with van der Waals surface area (Å²) in [4.78, 5) is 13.8. The summed E-state index contributed by atoms with van der Waals surface area (Å²) < 4.78 is 6.41. The molecule has 4 heteroatoms. The molecule has 0 spiro atoms. The number of ether oxygens (including phenoxy) is 1. The van der Waals surface area contributed by atoms with Crippen molar-refractivity contribution in [3.05, 3.63) is 34.3 Å². The molecular weight excluding hydrogens is 330 g/mol. The number of halogens is 1. The predicted molar refractivity (Wildman–Crippen MR) is 87.6 cm³/mol. The van der Waals surface area contributed by atoms with Gasteiger partial charge in [0.15, 0.2) is 0 Å². The van der Waals surface area contributed by atoms with Crippen LogP contribution in [0.15, 0.2) is 28.7 Å². The first-order valence-corrected chi connectivity index (χ1v) is 8.59. The monoisotopic (exact) mass is 354 g/mol. The topological polar surface area (TPSA) is 30.7 Å². The maximum Gasteiger partial charge on any atom is 0.339 e. The summed E-state index contributed by atoms with van der Waals surface area (Å²) in [6.07, 6.45) is 3.79. The van der Waals surface area contributed by atoms with Crippen LogP contribution in [0.25, 0.3) is 0 Å². The summed E-state index contributed by atoms with van der Waals surface area (Å²) in [5, 5.41) is 0. The molecule has 1 aromatic carbocycles. The highest BCUT2D eigenvalue weighted by atomic mass is 79.9. The van der Waals surface area contributed by atoms with E-state index in [2.05, 4.69) is 29.8 Å². The van der Waals surface area contributed by atoms with Crippen LogP contribution in [0.3, 0.4) is 0 Å². The van der Waals surface area contributed by atoms with Crippen LogP contribution in [0.5, 0.6) is 0 Å². The quantitative estimate of drug-likeness (QED) is 0.842. The Morgan fingerprint density at radius 1 is 1.33 bits per heavy atom. The number of rotatable bonds is 4. The van der Waals surface area contributed by atoms with Gasteiger partial charge in [-0.25, -0.2) is 4.79 Å². The van der Waals surface area contributed by atoms with Gasteiger partial charge in [-0.3, -0.25) is 0 Å². The lowest BCUT2D eigenvalue weighted by molar-refractivity contribution is -0.953. The number of benzene rings is 1. The Hall–Kier alpha value is -0.870. The van der Waals surface area contributed by atoms with Gasteiger partial charge in [0.1, 0.15) is 12.6 Å². The third-order valence-electron chi connectivity index (χ3n) is 4.47. The molecule has 3 atom stereocenters. The Balaban J connectivity index is 1.93. The van der Waals surface area contributed by atoms with Crippen molar-refractivity contribution in [1.82, 2.24) is 0 Å². The van der Waals surface area contributed by atoms with Crippen LogP contribution in [0.4, 0.5) is 0 Å². The van der Waals surface area contributed by atoms with Gasteiger partial charge in [0, 0.05) is 4.47 Å². The SMILES string of the molecule is C[C@H](C[NH+]1[C@H](C)CCC[C@H]1C)OC(=O)c1ccccc1Br. The molecule has 0 saturated carbocycles. The third-order valence-corrected chi connectivity index (χ3v) is 5.16. The van der Waals surface area contributed by atoms with Crippen molar-refractivity contribution in [2.24, 2.45) is 0 Å². The van der Waals surface area contributed by atoms with Gasteiger partial charge in [-0.15, -0.1) is 0 Å². The predicted octanol–water partition coefficient (Wildman–Crippen LogP) is 2.84. The first-order valence-electron chi connectivity index (χ1n) is 7.80. The Kier molecular flexibility index (Phi) is 5.82. The van der Waals surface area contributed by atoms with E-state index in [1.807, 2.05) is 25.1 Å². The van der Waals surface area contributed by atoms with Crippen LogP contribution in [0, 0.1) is 0 Å². The van der Waals surface area contributed by atoms with Gasteiger partial charge < -0.3 is 9.64 Å². The average Bonchev–Trinajstić information content (AvgIpc) is 2.43. The molecule has 0 aromatic heterocycles. The maximum absolute atomic E-state index is 12.2. The van der Waals surface area contributed by atoms with Crippen molar-refractivity contribution >= 4 is 21.9 Å². The minimum atomic E-state index is -0.244. The lowest BCUT2D eigenvalue weighted by atomic mass is 9.97. The van der Waals surface area contributed by atoms with Crippen LogP contribution in [-0.2, 0) is 4.74 Å². The van der Waals surface area contributed by atoms with Gasteiger partial charge in [-0.1, -0.05) is 12.1 Å². The van der Waals surface area contributed by atoms with Crippen LogP contribution < -0.4 is 4.90 Å². The Morgan fingerprint density at radius 3 is 2.57 bits per heavy atom. The normalized spacial score (nSPS) is 24.6. The number of quaternary nitrogens is 1. The highest BCUT2D eigenvalue weighted by Gasteiger charge is 2.30. The highest BCUT2D eigenvalue weighted by molar-refractivity contribution is 9.10. The Labute approximate surface area is 135 Å². The fourth-order valence-corrected chi connectivity index (χ4v) is 3.68. The zero-order valence-electron chi connectivity index (χ0n) is 13.1. The smallest absolute Gasteiger partial charge is 0.339 e. The van der Waals surface area contributed by atoms with Gasteiger partial charge in [0.25, 0.3) is 0 Å². The van der Waals surface area contributed by atoms with Crippen LogP contribution in [0.2, 0.25) is 0 Å². The minimum absolute atomic E-state index is 0.0670. The minimum Gasteiger partial charge on any atom is -0.453 e. The second-order valence-corrected chi connectivity index (χ2v) is 7.06. The second-order valence-electron chi connectivity index (χ2n) is 6.21. The van der Waals surface area contributed by atoms with Crippen LogP contribution in [0.1, 0.15) is 50.4 Å². The van der Waals surface area contributed by atoms with E-state index in [0.717, 1.165) is 11.0 Å². The Bertz CT molecular complexity index is 481. The number of likely N-dealkylation sites (tertiary alicyclic amines) is 1. The van der Waals surface area contributed by atoms with Crippen molar-refractivity contribution in [2.45, 2.75) is 58.2 Å². The summed E-state index contributed by atoms with van der Waals surface area (Å²) in [5.41, 5.74) is 0.596. The van der Waals surface area contributed by atoms with Crippen molar-refractivity contribution in [3.8, 4) is 0 Å². The molecule has 116 valence electrons. The molecule has 1 aliphatic heterocycles. The van der Waals surface area contributed by atoms with Crippen molar-refractivity contribution in [2.75, 3.05) is 6.54 Å². The molecule has 0 amide bonds. The number of nitrogens with one attached hydrogen (secondary N) is 1. The van der Waals surface area contributed by atoms with E-state index in [1.165, 1.54) is 19.3 Å². The van der Waals surface area contributed by atoms with Crippen molar-refractivity contribution in [3.63, 3.8) is 0 Å². The summed E-state index contributed by atoms with van der Waals surface area (Å²) in [6.45, 7) is 7.48. The third kappa shape index (κ3) is 4.30. The standard InChI is InChI=1S/C17H24BrNO2/c1-12-7-6-8-13(2)19(12)11-14(3)21-17(20)15-9-4-5-10-16(15)18/h4-5,9-10,12-14H,6-8,11H2,1-3H3/p+1/t12-,13-,14-/m1/s1. The number of esters is 1. The number of hydrogen-bond acceptors (Lipinski definition) is 2. The van der Waals surface area contributed by atoms with Gasteiger partial charge >= 0.3 is 5.97 Å².